The molecule has 0 spiro atoms. The highest BCUT2D eigenvalue weighted by molar-refractivity contribution is 7.89. The lowest BCUT2D eigenvalue weighted by Gasteiger charge is -2.14. The fourth-order valence-corrected chi connectivity index (χ4v) is 3.27. The van der Waals surface area contributed by atoms with Crippen LogP contribution in [0.4, 0.5) is 8.78 Å². The Labute approximate surface area is 156 Å². The van der Waals surface area contributed by atoms with Gasteiger partial charge in [0.1, 0.15) is 5.82 Å². The van der Waals surface area contributed by atoms with E-state index < -0.39 is 27.2 Å². The lowest BCUT2D eigenvalue weighted by atomic mass is 10.1. The van der Waals surface area contributed by atoms with Crippen molar-refractivity contribution in [2.45, 2.75) is 18.8 Å². The molecule has 0 bridgehead atoms. The van der Waals surface area contributed by atoms with Gasteiger partial charge in [-0.2, -0.15) is 0 Å². The number of halogens is 2. The maximum Gasteiger partial charge on any atom is 0.191 e. The van der Waals surface area contributed by atoms with Crippen LogP contribution in [0.15, 0.2) is 41.4 Å². The summed E-state index contributed by atoms with van der Waals surface area (Å²) in [7, 11) is -1.73. The second-order valence-corrected chi connectivity index (χ2v) is 8.19. The van der Waals surface area contributed by atoms with Gasteiger partial charge in [0.15, 0.2) is 27.4 Å². The van der Waals surface area contributed by atoms with Gasteiger partial charge in [0.2, 0.25) is 0 Å². The molecular formula is C18H21F2N3O3S. The van der Waals surface area contributed by atoms with Gasteiger partial charge in [-0.25, -0.2) is 17.2 Å². The van der Waals surface area contributed by atoms with Gasteiger partial charge < -0.3 is 15.7 Å². The summed E-state index contributed by atoms with van der Waals surface area (Å²) in [6.45, 7) is 0.405. The molecule has 0 amide bonds. The van der Waals surface area contributed by atoms with Crippen molar-refractivity contribution >= 4 is 15.8 Å². The van der Waals surface area contributed by atoms with Gasteiger partial charge in [0.05, 0.1) is 5.75 Å². The van der Waals surface area contributed by atoms with Crippen molar-refractivity contribution in [1.29, 1.82) is 0 Å². The quantitative estimate of drug-likeness (QED) is 0.513. The highest BCUT2D eigenvalue weighted by atomic mass is 32.2. The Morgan fingerprint density at radius 3 is 2.41 bits per heavy atom. The lowest BCUT2D eigenvalue weighted by molar-refractivity contribution is 0.431. The summed E-state index contributed by atoms with van der Waals surface area (Å²) in [6, 6.07) is 7.96. The van der Waals surface area contributed by atoms with Crippen molar-refractivity contribution in [2.24, 2.45) is 4.99 Å². The molecule has 2 aromatic carbocycles. The number of nitrogens with one attached hydrogen (secondary N) is 2. The van der Waals surface area contributed by atoms with Gasteiger partial charge >= 0.3 is 0 Å². The van der Waals surface area contributed by atoms with Crippen molar-refractivity contribution in [1.82, 2.24) is 10.6 Å². The predicted molar refractivity (Wildman–Crippen MR) is 100 cm³/mol. The normalized spacial score (nSPS) is 12.1. The molecule has 9 heteroatoms. The van der Waals surface area contributed by atoms with Crippen LogP contribution >= 0.6 is 0 Å². The number of rotatable bonds is 6. The van der Waals surface area contributed by atoms with Crippen molar-refractivity contribution < 1.29 is 22.3 Å². The molecule has 0 aromatic heterocycles. The van der Waals surface area contributed by atoms with Crippen LogP contribution in [0.3, 0.4) is 0 Å². The number of aliphatic imine (C=N–C) groups is 1. The van der Waals surface area contributed by atoms with Gasteiger partial charge in [-0.05, 0) is 41.0 Å². The maximum atomic E-state index is 13.5. The minimum Gasteiger partial charge on any atom is -0.505 e. The molecule has 146 valence electrons. The van der Waals surface area contributed by atoms with Gasteiger partial charge in [0, 0.05) is 26.4 Å². The zero-order valence-electron chi connectivity index (χ0n) is 15.0. The Balaban J connectivity index is 2.03. The van der Waals surface area contributed by atoms with Crippen LogP contribution < -0.4 is 10.6 Å². The number of benzene rings is 2. The minimum absolute atomic E-state index is 0.159. The topological polar surface area (TPSA) is 90.8 Å². The zero-order valence-corrected chi connectivity index (χ0v) is 15.8. The zero-order chi connectivity index (χ0) is 20.0. The summed E-state index contributed by atoms with van der Waals surface area (Å²) in [5, 5.41) is 15.1. The number of phenols is 1. The smallest absolute Gasteiger partial charge is 0.191 e. The standard InChI is InChI=1S/C18H21F2N3O3S/c1-21-18(22-9-12-3-6-17(24)16(20)7-12)23-10-14-8-15(19)5-4-13(14)11-27(2,25)26/h3-8,24H,9-11H2,1-2H3,(H2,21,22,23). The number of nitrogens with zero attached hydrogens (tertiary/aromatic N) is 1. The highest BCUT2D eigenvalue weighted by Crippen LogP contribution is 2.16. The molecule has 27 heavy (non-hydrogen) atoms. The number of aromatic hydroxyl groups is 1. The number of hydrogen-bond donors (Lipinski definition) is 3. The Morgan fingerprint density at radius 2 is 1.78 bits per heavy atom. The Kier molecular flexibility index (Phi) is 6.73. The number of phenolic OH excluding ortho intramolecular Hbond substituents is 1. The van der Waals surface area contributed by atoms with E-state index in [1.165, 1.54) is 37.4 Å². The van der Waals surface area contributed by atoms with Gasteiger partial charge in [-0.1, -0.05) is 12.1 Å². The van der Waals surface area contributed by atoms with Crippen LogP contribution in [-0.2, 0) is 28.7 Å². The van der Waals surface area contributed by atoms with E-state index in [4.69, 9.17) is 0 Å². The molecule has 0 aliphatic heterocycles. The van der Waals surface area contributed by atoms with Crippen LogP contribution in [0, 0.1) is 11.6 Å². The Hall–Kier alpha value is -2.68. The first-order valence-corrected chi connectivity index (χ1v) is 10.1. The molecule has 0 saturated heterocycles. The molecule has 0 fully saturated rings. The fraction of sp³-hybridized carbons (Fsp3) is 0.278. The second kappa shape index (κ2) is 8.81. The van der Waals surface area contributed by atoms with Crippen LogP contribution in [0.1, 0.15) is 16.7 Å². The largest absolute Gasteiger partial charge is 0.505 e. The van der Waals surface area contributed by atoms with E-state index in [9.17, 15) is 22.3 Å². The molecular weight excluding hydrogens is 376 g/mol. The van der Waals surface area contributed by atoms with E-state index in [2.05, 4.69) is 15.6 Å². The number of sulfone groups is 1. The molecule has 0 aliphatic rings. The molecule has 0 heterocycles. The van der Waals surface area contributed by atoms with Gasteiger partial charge in [0.25, 0.3) is 0 Å². The van der Waals surface area contributed by atoms with E-state index in [0.29, 0.717) is 22.6 Å². The molecule has 0 aliphatic carbocycles. The monoisotopic (exact) mass is 397 g/mol. The first-order chi connectivity index (χ1) is 12.7. The summed E-state index contributed by atoms with van der Waals surface area (Å²) < 4.78 is 50.0. The van der Waals surface area contributed by atoms with Crippen LogP contribution in [0.5, 0.6) is 5.75 Å². The minimum atomic E-state index is -3.26. The summed E-state index contributed by atoms with van der Waals surface area (Å²) in [6.07, 6.45) is 1.12. The van der Waals surface area contributed by atoms with Crippen molar-refractivity contribution in [3.63, 3.8) is 0 Å². The number of hydrogen-bond acceptors (Lipinski definition) is 4. The van der Waals surface area contributed by atoms with E-state index in [-0.39, 0.29) is 18.8 Å². The van der Waals surface area contributed by atoms with Crippen molar-refractivity contribution in [3.05, 3.63) is 64.7 Å². The van der Waals surface area contributed by atoms with Crippen molar-refractivity contribution in [3.8, 4) is 5.75 Å². The fourth-order valence-electron chi connectivity index (χ4n) is 2.43. The lowest BCUT2D eigenvalue weighted by Crippen LogP contribution is -2.36. The van der Waals surface area contributed by atoms with E-state index >= 15 is 0 Å². The third-order valence-corrected chi connectivity index (χ3v) is 4.56. The third-order valence-electron chi connectivity index (χ3n) is 3.73. The van der Waals surface area contributed by atoms with Crippen LogP contribution in [0.25, 0.3) is 0 Å². The van der Waals surface area contributed by atoms with Crippen LogP contribution in [0.2, 0.25) is 0 Å². The molecule has 0 unspecified atom stereocenters. The summed E-state index contributed by atoms with van der Waals surface area (Å²) >= 11 is 0. The maximum absolute atomic E-state index is 13.5. The van der Waals surface area contributed by atoms with E-state index in [0.717, 1.165) is 6.26 Å². The third kappa shape index (κ3) is 6.52. The summed E-state index contributed by atoms with van der Waals surface area (Å²) in [5.41, 5.74) is 1.60. The van der Waals surface area contributed by atoms with E-state index in [1.807, 2.05) is 0 Å². The SMILES string of the molecule is CN=C(NCc1ccc(O)c(F)c1)NCc1cc(F)ccc1CS(C)(=O)=O. The average Bonchev–Trinajstić information content (AvgIpc) is 2.59. The second-order valence-electron chi connectivity index (χ2n) is 6.05. The number of guanidine groups is 1. The van der Waals surface area contributed by atoms with Gasteiger partial charge in [-0.3, -0.25) is 4.99 Å². The first kappa shape index (κ1) is 20.6. The Morgan fingerprint density at radius 1 is 1.07 bits per heavy atom. The highest BCUT2D eigenvalue weighted by Gasteiger charge is 2.11. The first-order valence-electron chi connectivity index (χ1n) is 8.05. The molecule has 3 N–H and O–H groups in total. The Bertz CT molecular complexity index is 947. The van der Waals surface area contributed by atoms with Crippen molar-refractivity contribution in [2.75, 3.05) is 13.3 Å². The molecule has 6 nitrogen and oxygen atoms in total. The predicted octanol–water partition coefficient (Wildman–Crippen LogP) is 2.08. The van der Waals surface area contributed by atoms with E-state index in [1.54, 1.807) is 6.07 Å². The van der Waals surface area contributed by atoms with Crippen LogP contribution in [-0.4, -0.2) is 32.8 Å². The molecule has 2 aromatic rings. The average molecular weight is 397 g/mol. The summed E-state index contributed by atoms with van der Waals surface area (Å²) in [4.78, 5) is 4.02. The molecule has 2 rings (SSSR count). The summed E-state index contributed by atoms with van der Waals surface area (Å²) in [5.74, 6) is -1.43. The molecule has 0 radical (unpaired) electrons. The molecule has 0 saturated carbocycles. The van der Waals surface area contributed by atoms with Gasteiger partial charge in [-0.15, -0.1) is 0 Å². The molecule has 0 atom stereocenters.